The van der Waals surface area contributed by atoms with E-state index >= 15 is 0 Å². The van der Waals surface area contributed by atoms with Gasteiger partial charge in [0.2, 0.25) is 5.95 Å². The summed E-state index contributed by atoms with van der Waals surface area (Å²) >= 11 is 6.18. The number of halogens is 1. The second kappa shape index (κ2) is 5.85. The van der Waals surface area contributed by atoms with Gasteiger partial charge in [0.25, 0.3) is 5.91 Å². The van der Waals surface area contributed by atoms with Crippen LogP contribution >= 0.6 is 11.6 Å². The number of hydrogen-bond acceptors (Lipinski definition) is 5. The van der Waals surface area contributed by atoms with Gasteiger partial charge in [-0.3, -0.25) is 14.9 Å². The van der Waals surface area contributed by atoms with Gasteiger partial charge < -0.3 is 11.1 Å². The van der Waals surface area contributed by atoms with Crippen molar-refractivity contribution in [2.45, 2.75) is 19.9 Å². The highest BCUT2D eigenvalue weighted by molar-refractivity contribution is 6.35. The van der Waals surface area contributed by atoms with Crippen molar-refractivity contribution >= 4 is 34.4 Å². The predicted molar refractivity (Wildman–Crippen MR) is 88.2 cm³/mol. The van der Waals surface area contributed by atoms with Crippen molar-refractivity contribution < 1.29 is 4.79 Å². The smallest absolute Gasteiger partial charge is 0.252 e. The number of para-hydroxylation sites is 1. The lowest BCUT2D eigenvalue weighted by Crippen LogP contribution is -2.27. The van der Waals surface area contributed by atoms with Crippen LogP contribution in [0, 0.1) is 6.92 Å². The number of benzene rings is 1. The minimum absolute atomic E-state index is 0.137. The maximum atomic E-state index is 12.6. The molecule has 0 saturated carbocycles. The van der Waals surface area contributed by atoms with Gasteiger partial charge in [0.1, 0.15) is 5.82 Å². The number of aryl methyl sites for hydroxylation is 1. The number of aromatic nitrogens is 4. The summed E-state index contributed by atoms with van der Waals surface area (Å²) in [5.74, 6) is 0.382. The summed E-state index contributed by atoms with van der Waals surface area (Å²) < 4.78 is 0. The largest absolute Gasteiger partial charge is 0.367 e. The Labute approximate surface area is 137 Å². The summed E-state index contributed by atoms with van der Waals surface area (Å²) in [5.41, 5.74) is 7.31. The molecule has 0 unspecified atom stereocenters. The van der Waals surface area contributed by atoms with E-state index in [1.807, 2.05) is 13.0 Å². The molecule has 2 aromatic heterocycles. The summed E-state index contributed by atoms with van der Waals surface area (Å²) in [7, 11) is 0. The van der Waals surface area contributed by atoms with E-state index in [0.717, 1.165) is 0 Å². The molecule has 8 heteroatoms. The molecule has 0 aliphatic rings. The van der Waals surface area contributed by atoms with Gasteiger partial charge in [0.05, 0.1) is 22.1 Å². The van der Waals surface area contributed by atoms with Crippen molar-refractivity contribution in [2.24, 2.45) is 0 Å². The Bertz CT molecular complexity index is 891. The van der Waals surface area contributed by atoms with Crippen LogP contribution in [0.2, 0.25) is 5.02 Å². The lowest BCUT2D eigenvalue weighted by Gasteiger charge is -2.13. The molecule has 7 nitrogen and oxygen atoms in total. The van der Waals surface area contributed by atoms with Crippen LogP contribution in [0.3, 0.4) is 0 Å². The van der Waals surface area contributed by atoms with Gasteiger partial charge in [-0.1, -0.05) is 23.7 Å². The molecule has 0 spiro atoms. The first kappa shape index (κ1) is 15.2. The minimum atomic E-state index is -0.366. The van der Waals surface area contributed by atoms with E-state index in [1.165, 1.54) is 0 Å². The maximum Gasteiger partial charge on any atom is 0.252 e. The van der Waals surface area contributed by atoms with Crippen molar-refractivity contribution in [1.82, 2.24) is 25.5 Å². The highest BCUT2D eigenvalue weighted by Crippen LogP contribution is 2.25. The number of aromatic amines is 1. The number of nitrogen functional groups attached to an aromatic ring is 1. The molecular formula is C15H15ClN6O. The number of nitrogens with two attached hydrogens (primary N) is 1. The Hall–Kier alpha value is -2.67. The van der Waals surface area contributed by atoms with E-state index in [2.05, 4.69) is 25.5 Å². The van der Waals surface area contributed by atoms with Crippen LogP contribution in [-0.4, -0.2) is 26.1 Å². The third-order valence-electron chi connectivity index (χ3n) is 3.44. The topological polar surface area (TPSA) is 110 Å². The SMILES string of the molecule is Cc1cc(C(=O)N[C@@H](C)c2nc(N)n[nH]2)c2cccc(Cl)c2n1. The number of H-pyrrole nitrogens is 1. The van der Waals surface area contributed by atoms with Crippen LogP contribution in [0.4, 0.5) is 5.95 Å². The molecule has 0 aliphatic carbocycles. The Morgan fingerprint density at radius 3 is 2.87 bits per heavy atom. The van der Waals surface area contributed by atoms with Crippen molar-refractivity contribution in [3.63, 3.8) is 0 Å². The highest BCUT2D eigenvalue weighted by atomic mass is 35.5. The predicted octanol–water partition coefficient (Wildman–Crippen LogP) is 2.39. The van der Waals surface area contributed by atoms with Gasteiger partial charge in [-0.05, 0) is 26.0 Å². The van der Waals surface area contributed by atoms with Crippen LogP contribution in [0.1, 0.15) is 34.8 Å². The van der Waals surface area contributed by atoms with Crippen LogP contribution in [0.15, 0.2) is 24.3 Å². The first-order valence-corrected chi connectivity index (χ1v) is 7.38. The molecule has 3 aromatic rings. The van der Waals surface area contributed by atoms with Crippen molar-refractivity contribution in [3.8, 4) is 0 Å². The second-order valence-electron chi connectivity index (χ2n) is 5.22. The number of fused-ring (bicyclic) bond motifs is 1. The molecule has 4 N–H and O–H groups in total. The van der Waals surface area contributed by atoms with Crippen LogP contribution in [0.5, 0.6) is 0 Å². The molecular weight excluding hydrogens is 316 g/mol. The molecule has 118 valence electrons. The number of rotatable bonds is 3. The zero-order valence-electron chi connectivity index (χ0n) is 12.6. The van der Waals surface area contributed by atoms with E-state index in [9.17, 15) is 4.79 Å². The summed E-state index contributed by atoms with van der Waals surface area (Å²) in [6.45, 7) is 3.61. The number of amides is 1. The number of carbonyl (C=O) groups is 1. The van der Waals surface area contributed by atoms with Crippen LogP contribution in [-0.2, 0) is 0 Å². The standard InChI is InChI=1S/C15H15ClN6O/c1-7-6-10(9-4-3-5-11(16)12(9)18-7)14(23)19-8(2)13-20-15(17)22-21-13/h3-6,8H,1-2H3,(H,19,23)(H3,17,20,21,22)/t8-/m0/s1. The van der Waals surface area contributed by atoms with Crippen molar-refractivity contribution in [3.05, 3.63) is 46.4 Å². The Morgan fingerprint density at radius 1 is 1.39 bits per heavy atom. The molecule has 2 heterocycles. The molecule has 1 atom stereocenters. The van der Waals surface area contributed by atoms with E-state index in [4.69, 9.17) is 17.3 Å². The van der Waals surface area contributed by atoms with Gasteiger partial charge in [0, 0.05) is 11.1 Å². The molecule has 0 aliphatic heterocycles. The average molecular weight is 331 g/mol. The average Bonchev–Trinajstić information content (AvgIpc) is 2.94. The molecule has 3 rings (SSSR count). The number of nitrogens with one attached hydrogen (secondary N) is 2. The Balaban J connectivity index is 1.96. The molecule has 0 bridgehead atoms. The summed E-state index contributed by atoms with van der Waals surface area (Å²) in [6, 6.07) is 6.72. The van der Waals surface area contributed by atoms with Gasteiger partial charge >= 0.3 is 0 Å². The van der Waals surface area contributed by atoms with Gasteiger partial charge in [-0.2, -0.15) is 4.98 Å². The first-order chi connectivity index (χ1) is 11.0. The fraction of sp³-hybridized carbons (Fsp3) is 0.200. The normalized spacial score (nSPS) is 12.3. The minimum Gasteiger partial charge on any atom is -0.367 e. The van der Waals surface area contributed by atoms with E-state index in [0.29, 0.717) is 33.0 Å². The van der Waals surface area contributed by atoms with Crippen LogP contribution in [0.25, 0.3) is 10.9 Å². The number of pyridine rings is 1. The highest BCUT2D eigenvalue weighted by Gasteiger charge is 2.18. The first-order valence-electron chi connectivity index (χ1n) is 7.00. The molecule has 0 fully saturated rings. The fourth-order valence-corrected chi connectivity index (χ4v) is 2.57. The molecule has 23 heavy (non-hydrogen) atoms. The second-order valence-corrected chi connectivity index (χ2v) is 5.63. The zero-order valence-corrected chi connectivity index (χ0v) is 13.3. The van der Waals surface area contributed by atoms with Gasteiger partial charge in [-0.15, -0.1) is 5.10 Å². The lowest BCUT2D eigenvalue weighted by molar-refractivity contribution is 0.0940. The third-order valence-corrected chi connectivity index (χ3v) is 3.75. The van der Waals surface area contributed by atoms with E-state index < -0.39 is 0 Å². The number of carbonyl (C=O) groups excluding carboxylic acids is 1. The summed E-state index contributed by atoms with van der Waals surface area (Å²) in [4.78, 5) is 21.1. The van der Waals surface area contributed by atoms with E-state index in [1.54, 1.807) is 25.1 Å². The number of anilines is 1. The monoisotopic (exact) mass is 330 g/mol. The van der Waals surface area contributed by atoms with Crippen molar-refractivity contribution in [2.75, 3.05) is 5.73 Å². The molecule has 0 radical (unpaired) electrons. The van der Waals surface area contributed by atoms with Crippen LogP contribution < -0.4 is 11.1 Å². The van der Waals surface area contributed by atoms with Gasteiger partial charge in [-0.25, -0.2) is 0 Å². The molecule has 0 saturated heterocycles. The maximum absolute atomic E-state index is 12.6. The zero-order chi connectivity index (χ0) is 16.6. The quantitative estimate of drug-likeness (QED) is 0.683. The number of hydrogen-bond donors (Lipinski definition) is 3. The Morgan fingerprint density at radius 2 is 2.17 bits per heavy atom. The summed E-state index contributed by atoms with van der Waals surface area (Å²) in [5, 5.41) is 10.5. The fourth-order valence-electron chi connectivity index (χ4n) is 2.35. The lowest BCUT2D eigenvalue weighted by atomic mass is 10.1. The third kappa shape index (κ3) is 2.95. The summed E-state index contributed by atoms with van der Waals surface area (Å²) in [6.07, 6.45) is 0. The van der Waals surface area contributed by atoms with Gasteiger partial charge in [0.15, 0.2) is 0 Å². The molecule has 1 amide bonds. The van der Waals surface area contributed by atoms with Crippen molar-refractivity contribution in [1.29, 1.82) is 0 Å². The number of nitrogens with zero attached hydrogens (tertiary/aromatic N) is 3. The molecule has 1 aromatic carbocycles. The Kier molecular flexibility index (Phi) is 3.87. The van der Waals surface area contributed by atoms with E-state index in [-0.39, 0.29) is 17.9 Å².